The molecular weight excluding hydrogens is 302 g/mol. The van der Waals surface area contributed by atoms with Crippen molar-refractivity contribution >= 4 is 11.7 Å². The van der Waals surface area contributed by atoms with Gasteiger partial charge in [0, 0.05) is 13.1 Å². The van der Waals surface area contributed by atoms with Crippen molar-refractivity contribution in [2.45, 2.75) is 19.0 Å². The predicted octanol–water partition coefficient (Wildman–Crippen LogP) is 3.61. The molecule has 4 nitrogen and oxygen atoms in total. The fourth-order valence-corrected chi connectivity index (χ4v) is 2.31. The lowest BCUT2D eigenvalue weighted by atomic mass is 10.0. The van der Waals surface area contributed by atoms with Gasteiger partial charge in [0.05, 0.1) is 23.2 Å². The van der Waals surface area contributed by atoms with E-state index in [9.17, 15) is 22.4 Å². The Hall–Kier alpha value is -2.30. The minimum absolute atomic E-state index is 0.183. The van der Waals surface area contributed by atoms with Crippen LogP contribution in [0.5, 0.6) is 0 Å². The normalized spacial score (nSPS) is 18.7. The van der Waals surface area contributed by atoms with Crippen molar-refractivity contribution in [3.8, 4) is 6.07 Å². The van der Waals surface area contributed by atoms with E-state index in [4.69, 9.17) is 5.26 Å². The summed E-state index contributed by atoms with van der Waals surface area (Å²) in [5.41, 5.74) is -1.96. The maximum Gasteiger partial charge on any atom is 0.419 e. The first-order valence-electron chi connectivity index (χ1n) is 6.64. The van der Waals surface area contributed by atoms with Crippen LogP contribution in [-0.2, 0) is 6.18 Å². The van der Waals surface area contributed by atoms with Gasteiger partial charge in [0.15, 0.2) is 5.82 Å². The second-order valence-corrected chi connectivity index (χ2v) is 5.01. The van der Waals surface area contributed by atoms with Gasteiger partial charge in [0.2, 0.25) is 0 Å². The van der Waals surface area contributed by atoms with Crippen LogP contribution in [0.1, 0.15) is 18.4 Å². The molecule has 0 aromatic heterocycles. The predicted molar refractivity (Wildman–Crippen MR) is 70.3 cm³/mol. The topological polar surface area (TPSA) is 56.1 Å². The highest BCUT2D eigenvalue weighted by atomic mass is 19.4. The smallest absolute Gasteiger partial charge is 0.323 e. The number of alkyl halides is 3. The standard InChI is InChI=1S/C14H13F4N3O/c15-12-10(14(16,17)18)4-1-5-11(12)20-13(22)21-6-2-3-9(7-19)8-21/h1,4-5,9H,2-3,6,8H2,(H,20,22). The van der Waals surface area contributed by atoms with Crippen molar-refractivity contribution in [1.82, 2.24) is 4.90 Å². The summed E-state index contributed by atoms with van der Waals surface area (Å²) < 4.78 is 51.7. The maximum atomic E-state index is 13.8. The molecule has 1 aliphatic heterocycles. The number of urea groups is 1. The number of benzene rings is 1. The Labute approximate surface area is 124 Å². The van der Waals surface area contributed by atoms with Crippen molar-refractivity contribution in [1.29, 1.82) is 5.26 Å². The highest BCUT2D eigenvalue weighted by molar-refractivity contribution is 5.89. The molecule has 1 N–H and O–H groups in total. The number of likely N-dealkylation sites (tertiary alicyclic amines) is 1. The van der Waals surface area contributed by atoms with Crippen LogP contribution < -0.4 is 5.32 Å². The zero-order valence-corrected chi connectivity index (χ0v) is 11.5. The first kappa shape index (κ1) is 16.1. The van der Waals surface area contributed by atoms with Crippen LogP contribution in [0.3, 0.4) is 0 Å². The number of amides is 2. The quantitative estimate of drug-likeness (QED) is 0.805. The molecule has 1 atom stereocenters. The molecule has 1 saturated heterocycles. The number of carbonyl (C=O) groups excluding carboxylic acids is 1. The summed E-state index contributed by atoms with van der Waals surface area (Å²) in [6.07, 6.45) is -3.54. The molecule has 118 valence electrons. The zero-order chi connectivity index (χ0) is 16.3. The average Bonchev–Trinajstić information content (AvgIpc) is 2.48. The van der Waals surface area contributed by atoms with E-state index in [2.05, 4.69) is 5.32 Å². The lowest BCUT2D eigenvalue weighted by molar-refractivity contribution is -0.139. The van der Waals surface area contributed by atoms with Crippen LogP contribution in [-0.4, -0.2) is 24.0 Å². The summed E-state index contributed by atoms with van der Waals surface area (Å²) in [4.78, 5) is 13.3. The third kappa shape index (κ3) is 3.47. The number of hydrogen-bond donors (Lipinski definition) is 1. The number of nitriles is 1. The summed E-state index contributed by atoms with van der Waals surface area (Å²) in [7, 11) is 0. The zero-order valence-electron chi connectivity index (χ0n) is 11.5. The van der Waals surface area contributed by atoms with Gasteiger partial charge in [0.1, 0.15) is 0 Å². The van der Waals surface area contributed by atoms with Crippen molar-refractivity contribution < 1.29 is 22.4 Å². The van der Waals surface area contributed by atoms with E-state index in [1.54, 1.807) is 0 Å². The van der Waals surface area contributed by atoms with Gasteiger partial charge < -0.3 is 10.2 Å². The monoisotopic (exact) mass is 315 g/mol. The van der Waals surface area contributed by atoms with E-state index in [0.717, 1.165) is 12.1 Å². The molecule has 0 bridgehead atoms. The van der Waals surface area contributed by atoms with Crippen molar-refractivity contribution in [3.63, 3.8) is 0 Å². The molecule has 0 aliphatic carbocycles. The molecule has 0 saturated carbocycles. The van der Waals surface area contributed by atoms with Gasteiger partial charge in [-0.05, 0) is 25.0 Å². The number of nitrogens with one attached hydrogen (secondary N) is 1. The summed E-state index contributed by atoms with van der Waals surface area (Å²) in [6.45, 7) is 0.563. The van der Waals surface area contributed by atoms with Crippen LogP contribution in [0.4, 0.5) is 28.0 Å². The number of halogens is 4. The van der Waals surface area contributed by atoms with Gasteiger partial charge in [-0.15, -0.1) is 0 Å². The van der Waals surface area contributed by atoms with Crippen LogP contribution in [0.25, 0.3) is 0 Å². The number of anilines is 1. The Morgan fingerprint density at radius 2 is 2.14 bits per heavy atom. The number of carbonyl (C=O) groups is 1. The first-order valence-corrected chi connectivity index (χ1v) is 6.64. The molecule has 0 radical (unpaired) electrons. The molecule has 1 aliphatic rings. The minimum atomic E-state index is -4.83. The third-order valence-electron chi connectivity index (χ3n) is 3.44. The lowest BCUT2D eigenvalue weighted by Crippen LogP contribution is -2.42. The number of piperidine rings is 1. The fraction of sp³-hybridized carbons (Fsp3) is 0.429. The molecule has 8 heteroatoms. The van der Waals surface area contributed by atoms with Gasteiger partial charge >= 0.3 is 12.2 Å². The summed E-state index contributed by atoms with van der Waals surface area (Å²) in [5.74, 6) is -1.83. The van der Waals surface area contributed by atoms with Crippen LogP contribution >= 0.6 is 0 Å². The van der Waals surface area contributed by atoms with E-state index >= 15 is 0 Å². The van der Waals surface area contributed by atoms with E-state index in [1.165, 1.54) is 4.90 Å². The molecule has 1 fully saturated rings. The molecule has 1 aromatic rings. The van der Waals surface area contributed by atoms with Gasteiger partial charge in [-0.3, -0.25) is 0 Å². The van der Waals surface area contributed by atoms with Crippen molar-refractivity contribution in [3.05, 3.63) is 29.6 Å². The Morgan fingerprint density at radius 1 is 1.41 bits per heavy atom. The summed E-state index contributed by atoms with van der Waals surface area (Å²) in [6, 6.07) is 4.03. The van der Waals surface area contributed by atoms with E-state index in [-0.39, 0.29) is 12.5 Å². The lowest BCUT2D eigenvalue weighted by Gasteiger charge is -2.29. The number of rotatable bonds is 1. The van der Waals surface area contributed by atoms with E-state index in [1.807, 2.05) is 6.07 Å². The van der Waals surface area contributed by atoms with Crippen LogP contribution in [0.2, 0.25) is 0 Å². The molecule has 2 rings (SSSR count). The molecule has 22 heavy (non-hydrogen) atoms. The fourth-order valence-electron chi connectivity index (χ4n) is 2.31. The van der Waals surface area contributed by atoms with Crippen LogP contribution in [0, 0.1) is 23.1 Å². The van der Waals surface area contributed by atoms with Gasteiger partial charge in [0.25, 0.3) is 0 Å². The second kappa shape index (κ2) is 6.22. The van der Waals surface area contributed by atoms with Gasteiger partial charge in [-0.25, -0.2) is 9.18 Å². The first-order chi connectivity index (χ1) is 10.3. The highest BCUT2D eigenvalue weighted by Gasteiger charge is 2.35. The molecule has 1 unspecified atom stereocenters. The van der Waals surface area contributed by atoms with Crippen molar-refractivity contribution in [2.24, 2.45) is 5.92 Å². The Bertz CT molecular complexity index is 609. The van der Waals surface area contributed by atoms with Gasteiger partial charge in [-0.2, -0.15) is 18.4 Å². The minimum Gasteiger partial charge on any atom is -0.323 e. The average molecular weight is 315 g/mol. The second-order valence-electron chi connectivity index (χ2n) is 5.01. The summed E-state index contributed by atoms with van der Waals surface area (Å²) >= 11 is 0. The van der Waals surface area contributed by atoms with E-state index < -0.39 is 29.3 Å². The van der Waals surface area contributed by atoms with Crippen LogP contribution in [0.15, 0.2) is 18.2 Å². The molecular formula is C14H13F4N3O. The molecule has 2 amide bonds. The Balaban J connectivity index is 2.14. The maximum absolute atomic E-state index is 13.8. The highest BCUT2D eigenvalue weighted by Crippen LogP contribution is 2.34. The molecule has 1 heterocycles. The number of hydrogen-bond acceptors (Lipinski definition) is 2. The van der Waals surface area contributed by atoms with Crippen molar-refractivity contribution in [2.75, 3.05) is 18.4 Å². The molecule has 1 aromatic carbocycles. The Morgan fingerprint density at radius 3 is 2.77 bits per heavy atom. The summed E-state index contributed by atoms with van der Waals surface area (Å²) in [5, 5.41) is 11.0. The van der Waals surface area contributed by atoms with E-state index in [0.29, 0.717) is 25.5 Å². The number of nitrogens with zero attached hydrogens (tertiary/aromatic N) is 2. The SMILES string of the molecule is N#CC1CCCN(C(=O)Nc2cccc(C(F)(F)F)c2F)C1. The van der Waals surface area contributed by atoms with Gasteiger partial charge in [-0.1, -0.05) is 6.07 Å². The Kier molecular flexibility index (Phi) is 4.54. The molecule has 0 spiro atoms. The third-order valence-corrected chi connectivity index (χ3v) is 3.44. The largest absolute Gasteiger partial charge is 0.419 e.